The van der Waals surface area contributed by atoms with Crippen LogP contribution in [0.25, 0.3) is 0 Å². The lowest BCUT2D eigenvalue weighted by Gasteiger charge is -2.19. The molecule has 0 fully saturated rings. The lowest BCUT2D eigenvalue weighted by molar-refractivity contribution is -0.117. The quantitative estimate of drug-likeness (QED) is 0.600. The SMILES string of the molecule is CCOc1cc(C#CC(C)(C)O)nnc1CN1CC(=O)N=C1c1cccc(F)n1. The first-order valence-corrected chi connectivity index (χ1v) is 8.99. The summed E-state index contributed by atoms with van der Waals surface area (Å²) < 4.78 is 19.1. The zero-order valence-electron chi connectivity index (χ0n) is 16.3. The number of amides is 1. The van der Waals surface area contributed by atoms with Gasteiger partial charge in [0.15, 0.2) is 5.84 Å². The van der Waals surface area contributed by atoms with Crippen LogP contribution in [0, 0.1) is 17.8 Å². The van der Waals surface area contributed by atoms with E-state index in [-0.39, 0.29) is 30.5 Å². The first-order chi connectivity index (χ1) is 13.7. The van der Waals surface area contributed by atoms with Crippen molar-refractivity contribution >= 4 is 11.7 Å². The summed E-state index contributed by atoms with van der Waals surface area (Å²) in [6.07, 6.45) is 0. The summed E-state index contributed by atoms with van der Waals surface area (Å²) in [6, 6.07) is 5.93. The third-order valence-electron chi connectivity index (χ3n) is 3.77. The first-order valence-electron chi connectivity index (χ1n) is 8.99. The van der Waals surface area contributed by atoms with Gasteiger partial charge in [-0.1, -0.05) is 12.0 Å². The van der Waals surface area contributed by atoms with Gasteiger partial charge in [-0.15, -0.1) is 10.2 Å². The second kappa shape index (κ2) is 8.32. The number of aliphatic imine (C=N–C) groups is 1. The largest absolute Gasteiger partial charge is 0.492 e. The molecule has 0 saturated carbocycles. The highest BCUT2D eigenvalue weighted by Gasteiger charge is 2.27. The Balaban J connectivity index is 1.89. The lowest BCUT2D eigenvalue weighted by Crippen LogP contribution is -2.30. The third-order valence-corrected chi connectivity index (χ3v) is 3.77. The summed E-state index contributed by atoms with van der Waals surface area (Å²) >= 11 is 0. The number of hydrogen-bond donors (Lipinski definition) is 1. The summed E-state index contributed by atoms with van der Waals surface area (Å²) in [7, 11) is 0. The summed E-state index contributed by atoms with van der Waals surface area (Å²) in [5.74, 6) is 5.13. The Morgan fingerprint density at radius 3 is 2.83 bits per heavy atom. The third kappa shape index (κ3) is 5.33. The molecule has 29 heavy (non-hydrogen) atoms. The predicted octanol–water partition coefficient (Wildman–Crippen LogP) is 1.32. The van der Waals surface area contributed by atoms with Crippen LogP contribution >= 0.6 is 0 Å². The molecule has 0 atom stereocenters. The fourth-order valence-electron chi connectivity index (χ4n) is 2.59. The number of aromatic nitrogens is 3. The van der Waals surface area contributed by atoms with Crippen molar-refractivity contribution in [2.24, 2.45) is 4.99 Å². The fraction of sp³-hybridized carbons (Fsp3) is 0.350. The van der Waals surface area contributed by atoms with Gasteiger partial charge in [0.05, 0.1) is 13.2 Å². The highest BCUT2D eigenvalue weighted by molar-refractivity contribution is 6.09. The Hall–Kier alpha value is -3.38. The molecule has 0 spiro atoms. The summed E-state index contributed by atoms with van der Waals surface area (Å²) in [5, 5.41) is 18.0. The van der Waals surface area contributed by atoms with Crippen LogP contribution in [0.3, 0.4) is 0 Å². The summed E-state index contributed by atoms with van der Waals surface area (Å²) in [4.78, 5) is 21.3. The van der Waals surface area contributed by atoms with Gasteiger partial charge in [0.2, 0.25) is 5.95 Å². The molecule has 8 nitrogen and oxygen atoms in total. The maximum absolute atomic E-state index is 13.5. The highest BCUT2D eigenvalue weighted by atomic mass is 19.1. The minimum atomic E-state index is -1.16. The van der Waals surface area contributed by atoms with E-state index in [0.29, 0.717) is 23.7 Å². The average molecular weight is 397 g/mol. The number of rotatable bonds is 5. The van der Waals surface area contributed by atoms with Crippen LogP contribution in [-0.4, -0.2) is 55.7 Å². The average Bonchev–Trinajstić information content (AvgIpc) is 3.02. The van der Waals surface area contributed by atoms with Crippen molar-refractivity contribution in [2.45, 2.75) is 32.9 Å². The number of aliphatic hydroxyl groups is 1. The number of nitrogens with zero attached hydrogens (tertiary/aromatic N) is 5. The van der Waals surface area contributed by atoms with Gasteiger partial charge >= 0.3 is 0 Å². The zero-order valence-corrected chi connectivity index (χ0v) is 16.3. The lowest BCUT2D eigenvalue weighted by atomic mass is 10.1. The van der Waals surface area contributed by atoms with Crippen LogP contribution in [0.2, 0.25) is 0 Å². The normalized spacial score (nSPS) is 13.8. The van der Waals surface area contributed by atoms with E-state index in [0.717, 1.165) is 0 Å². The topological polar surface area (TPSA) is 101 Å². The molecule has 0 radical (unpaired) electrons. The van der Waals surface area contributed by atoms with Crippen molar-refractivity contribution < 1.29 is 19.0 Å². The standard InChI is InChI=1S/C20H20FN5O3/c1-4-29-16-10-13(8-9-20(2,3)28)24-25-15(16)11-26-12-18(27)23-19(26)14-6-5-7-17(21)22-14/h5-7,10,28H,4,11-12H2,1-3H3. The minimum Gasteiger partial charge on any atom is -0.492 e. The molecule has 2 aromatic rings. The molecule has 0 aliphatic carbocycles. The van der Waals surface area contributed by atoms with Crippen molar-refractivity contribution in [3.63, 3.8) is 0 Å². The molecule has 2 aromatic heterocycles. The Kier molecular flexibility index (Phi) is 5.84. The molecule has 3 heterocycles. The maximum Gasteiger partial charge on any atom is 0.267 e. The van der Waals surface area contributed by atoms with Gasteiger partial charge < -0.3 is 14.7 Å². The van der Waals surface area contributed by atoms with E-state index in [1.807, 2.05) is 6.92 Å². The number of carbonyl (C=O) groups excluding carboxylic acids is 1. The van der Waals surface area contributed by atoms with Crippen molar-refractivity contribution in [3.05, 3.63) is 47.3 Å². The molecule has 0 saturated heterocycles. The van der Waals surface area contributed by atoms with Crippen LogP contribution in [0.5, 0.6) is 5.75 Å². The van der Waals surface area contributed by atoms with Gasteiger partial charge in [-0.05, 0) is 38.8 Å². The van der Waals surface area contributed by atoms with Gasteiger partial charge in [0.25, 0.3) is 5.91 Å². The molecule has 3 rings (SSSR count). The van der Waals surface area contributed by atoms with E-state index in [1.54, 1.807) is 30.9 Å². The van der Waals surface area contributed by atoms with Crippen LogP contribution in [0.1, 0.15) is 37.9 Å². The molecule has 1 amide bonds. The van der Waals surface area contributed by atoms with E-state index in [2.05, 4.69) is 32.0 Å². The number of hydrogen-bond acceptors (Lipinski definition) is 7. The molecule has 0 unspecified atom stereocenters. The van der Waals surface area contributed by atoms with Gasteiger partial charge in [0.1, 0.15) is 35.0 Å². The summed E-state index contributed by atoms with van der Waals surface area (Å²) in [6.45, 7) is 5.54. The highest BCUT2D eigenvalue weighted by Crippen LogP contribution is 2.21. The smallest absolute Gasteiger partial charge is 0.267 e. The van der Waals surface area contributed by atoms with E-state index < -0.39 is 11.5 Å². The molecule has 1 aliphatic heterocycles. The minimum absolute atomic E-state index is 0.0149. The van der Waals surface area contributed by atoms with Crippen LogP contribution < -0.4 is 4.74 Å². The van der Waals surface area contributed by atoms with Crippen molar-refractivity contribution in [1.82, 2.24) is 20.1 Å². The second-order valence-corrected chi connectivity index (χ2v) is 6.81. The second-order valence-electron chi connectivity index (χ2n) is 6.81. The zero-order chi connectivity index (χ0) is 21.0. The van der Waals surface area contributed by atoms with Gasteiger partial charge in [-0.3, -0.25) is 4.79 Å². The molecule has 9 heteroatoms. The molecule has 1 aliphatic rings. The number of pyridine rings is 1. The Bertz CT molecular complexity index is 1020. The van der Waals surface area contributed by atoms with Gasteiger partial charge in [0, 0.05) is 6.07 Å². The Morgan fingerprint density at radius 1 is 1.34 bits per heavy atom. The van der Waals surface area contributed by atoms with E-state index in [4.69, 9.17) is 4.74 Å². The Morgan fingerprint density at radius 2 is 2.14 bits per heavy atom. The monoisotopic (exact) mass is 397 g/mol. The van der Waals surface area contributed by atoms with Crippen LogP contribution in [0.4, 0.5) is 4.39 Å². The van der Waals surface area contributed by atoms with Crippen LogP contribution in [0.15, 0.2) is 29.3 Å². The van der Waals surface area contributed by atoms with Gasteiger partial charge in [-0.25, -0.2) is 4.98 Å². The van der Waals surface area contributed by atoms with E-state index >= 15 is 0 Å². The first kappa shape index (κ1) is 20.4. The Labute approximate surface area is 167 Å². The molecular weight excluding hydrogens is 377 g/mol. The van der Waals surface area contributed by atoms with E-state index in [9.17, 15) is 14.3 Å². The molecule has 0 aromatic carbocycles. The number of halogens is 1. The maximum atomic E-state index is 13.5. The number of carbonyl (C=O) groups is 1. The number of ether oxygens (including phenoxy) is 1. The van der Waals surface area contributed by atoms with E-state index in [1.165, 1.54) is 12.1 Å². The fourth-order valence-corrected chi connectivity index (χ4v) is 2.59. The molecule has 0 bridgehead atoms. The number of amidine groups is 1. The summed E-state index contributed by atoms with van der Waals surface area (Å²) in [5.41, 5.74) is -0.0860. The van der Waals surface area contributed by atoms with Crippen molar-refractivity contribution in [3.8, 4) is 17.6 Å². The molecular formula is C20H20FN5O3. The van der Waals surface area contributed by atoms with Gasteiger partial charge in [-0.2, -0.15) is 9.38 Å². The molecule has 1 N–H and O–H groups in total. The van der Waals surface area contributed by atoms with Crippen molar-refractivity contribution in [2.75, 3.05) is 13.2 Å². The van der Waals surface area contributed by atoms with Crippen LogP contribution in [-0.2, 0) is 11.3 Å². The predicted molar refractivity (Wildman–Crippen MR) is 103 cm³/mol. The van der Waals surface area contributed by atoms with Crippen molar-refractivity contribution in [1.29, 1.82) is 0 Å². The molecule has 150 valence electrons.